The molecule has 0 saturated heterocycles. The fraction of sp³-hybridized carbons (Fsp3) is 0.281. The number of halogens is 2. The van der Waals surface area contributed by atoms with Crippen LogP contribution in [0.2, 0.25) is 10.0 Å². The number of esters is 1. The number of allylic oxidation sites excluding steroid dienone is 1. The van der Waals surface area contributed by atoms with Gasteiger partial charge in [0.25, 0.3) is 5.56 Å². The van der Waals surface area contributed by atoms with E-state index in [4.69, 9.17) is 32.9 Å². The molecule has 0 aliphatic carbocycles. The number of aromatic nitrogens is 2. The van der Waals surface area contributed by atoms with E-state index >= 15 is 0 Å². The highest BCUT2D eigenvalue weighted by Gasteiger charge is 2.33. The smallest absolute Gasteiger partial charge is 0.338 e. The Morgan fingerprint density at radius 1 is 1.07 bits per heavy atom. The van der Waals surface area contributed by atoms with Crippen LogP contribution in [-0.2, 0) is 9.53 Å². The third-order valence-corrected chi connectivity index (χ3v) is 9.08. The van der Waals surface area contributed by atoms with Crippen molar-refractivity contribution in [1.82, 2.24) is 9.13 Å². The highest BCUT2D eigenvalue weighted by molar-refractivity contribution is 7.07. The number of nitrogens with zero attached hydrogens (tertiary/aromatic N) is 3. The quantitative estimate of drug-likeness (QED) is 0.231. The van der Waals surface area contributed by atoms with Crippen molar-refractivity contribution in [2.75, 3.05) is 6.61 Å². The molecular formula is C32H31Cl2N3O3S. The van der Waals surface area contributed by atoms with Crippen LogP contribution in [0.25, 0.3) is 11.8 Å². The Labute approximate surface area is 252 Å². The summed E-state index contributed by atoms with van der Waals surface area (Å²) >= 11 is 13.7. The summed E-state index contributed by atoms with van der Waals surface area (Å²) in [6.07, 6.45) is 1.89. The van der Waals surface area contributed by atoms with E-state index in [1.54, 1.807) is 24.5 Å². The second-order valence-electron chi connectivity index (χ2n) is 10.4. The normalized spacial score (nSPS) is 15.3. The first-order chi connectivity index (χ1) is 19.5. The van der Waals surface area contributed by atoms with Crippen LogP contribution in [-0.4, -0.2) is 21.7 Å². The first-order valence-corrected chi connectivity index (χ1v) is 15.0. The van der Waals surface area contributed by atoms with Crippen LogP contribution in [0.5, 0.6) is 0 Å². The Morgan fingerprint density at radius 3 is 2.41 bits per heavy atom. The molecule has 2 aromatic heterocycles. The molecule has 0 N–H and O–H groups in total. The molecule has 2 aromatic carbocycles. The largest absolute Gasteiger partial charge is 0.463 e. The molecule has 1 aliphatic heterocycles. The van der Waals surface area contributed by atoms with E-state index in [-0.39, 0.29) is 12.2 Å². The number of rotatable bonds is 6. The molecule has 41 heavy (non-hydrogen) atoms. The Morgan fingerprint density at radius 2 is 1.78 bits per heavy atom. The Bertz CT molecular complexity index is 1880. The minimum Gasteiger partial charge on any atom is -0.463 e. The molecule has 3 heterocycles. The maximum absolute atomic E-state index is 14.0. The van der Waals surface area contributed by atoms with E-state index < -0.39 is 12.0 Å². The molecule has 9 heteroatoms. The molecule has 0 bridgehead atoms. The molecule has 4 aromatic rings. The fourth-order valence-corrected chi connectivity index (χ4v) is 6.60. The van der Waals surface area contributed by atoms with Crippen LogP contribution in [0, 0.1) is 13.8 Å². The second kappa shape index (κ2) is 11.5. The van der Waals surface area contributed by atoms with Crippen molar-refractivity contribution in [3.8, 4) is 5.69 Å². The SMILES string of the molecule is CCOC(=O)C1=C(C)N=c2s/c(=C\c3cc(C)n(-c4ccc(Cl)c(Cl)c4)c3C)c(=O)n2[C@H]1c1ccc(C(C)C)cc1. The number of hydrogen-bond donors (Lipinski definition) is 0. The van der Waals surface area contributed by atoms with E-state index in [1.807, 2.05) is 62.4 Å². The number of aryl methyl sites for hydroxylation is 1. The van der Waals surface area contributed by atoms with Crippen LogP contribution in [0.4, 0.5) is 0 Å². The lowest BCUT2D eigenvalue weighted by Gasteiger charge is -2.25. The second-order valence-corrected chi connectivity index (χ2v) is 12.2. The lowest BCUT2D eigenvalue weighted by Crippen LogP contribution is -2.39. The molecule has 6 nitrogen and oxygen atoms in total. The minimum absolute atomic E-state index is 0.208. The van der Waals surface area contributed by atoms with Crippen LogP contribution in [0.3, 0.4) is 0 Å². The molecule has 0 radical (unpaired) electrons. The lowest BCUT2D eigenvalue weighted by molar-refractivity contribution is -0.139. The van der Waals surface area contributed by atoms with Gasteiger partial charge in [0.1, 0.15) is 0 Å². The Hall–Kier alpha value is -3.39. The van der Waals surface area contributed by atoms with Crippen molar-refractivity contribution in [3.05, 3.63) is 118 Å². The van der Waals surface area contributed by atoms with Gasteiger partial charge >= 0.3 is 5.97 Å². The van der Waals surface area contributed by atoms with Gasteiger partial charge in [-0.1, -0.05) is 72.7 Å². The van der Waals surface area contributed by atoms with Crippen LogP contribution < -0.4 is 14.9 Å². The Balaban J connectivity index is 1.68. The first-order valence-electron chi connectivity index (χ1n) is 13.5. The van der Waals surface area contributed by atoms with Gasteiger partial charge in [-0.15, -0.1) is 0 Å². The van der Waals surface area contributed by atoms with Gasteiger partial charge in [0.2, 0.25) is 0 Å². The van der Waals surface area contributed by atoms with Gasteiger partial charge < -0.3 is 9.30 Å². The van der Waals surface area contributed by atoms with Gasteiger partial charge in [-0.25, -0.2) is 9.79 Å². The summed E-state index contributed by atoms with van der Waals surface area (Å²) in [5.41, 5.74) is 6.45. The highest BCUT2D eigenvalue weighted by Crippen LogP contribution is 2.32. The molecule has 0 fully saturated rings. The molecule has 1 aliphatic rings. The number of fused-ring (bicyclic) bond motifs is 1. The maximum atomic E-state index is 14.0. The van der Waals surface area contributed by atoms with Crippen molar-refractivity contribution >= 4 is 46.6 Å². The van der Waals surface area contributed by atoms with Crippen molar-refractivity contribution in [2.24, 2.45) is 4.99 Å². The molecule has 1 atom stereocenters. The molecule has 0 saturated carbocycles. The van der Waals surface area contributed by atoms with E-state index in [1.165, 1.54) is 16.9 Å². The van der Waals surface area contributed by atoms with Crippen LogP contribution in [0.1, 0.15) is 67.7 Å². The van der Waals surface area contributed by atoms with Gasteiger partial charge in [-0.05, 0) is 80.6 Å². The number of ether oxygens (including phenoxy) is 1. The summed E-state index contributed by atoms with van der Waals surface area (Å²) in [5.74, 6) is -0.109. The van der Waals surface area contributed by atoms with Crippen molar-refractivity contribution in [1.29, 1.82) is 0 Å². The highest BCUT2D eigenvalue weighted by atomic mass is 35.5. The van der Waals surface area contributed by atoms with Gasteiger partial charge in [-0.3, -0.25) is 9.36 Å². The summed E-state index contributed by atoms with van der Waals surface area (Å²) in [6.45, 7) is 12.1. The first kappa shape index (κ1) is 29.1. The van der Waals surface area contributed by atoms with Gasteiger partial charge in [0.05, 0.1) is 38.5 Å². The summed E-state index contributed by atoms with van der Waals surface area (Å²) in [4.78, 5) is 32.4. The number of hydrogen-bond acceptors (Lipinski definition) is 5. The monoisotopic (exact) mass is 607 g/mol. The third-order valence-electron chi connectivity index (χ3n) is 7.35. The summed E-state index contributed by atoms with van der Waals surface area (Å²) < 4.78 is 9.64. The summed E-state index contributed by atoms with van der Waals surface area (Å²) in [7, 11) is 0. The number of benzene rings is 2. The zero-order valence-electron chi connectivity index (χ0n) is 23.8. The Kier molecular flexibility index (Phi) is 8.15. The molecule has 0 unspecified atom stereocenters. The topological polar surface area (TPSA) is 65.6 Å². The predicted molar refractivity (Wildman–Crippen MR) is 166 cm³/mol. The van der Waals surface area contributed by atoms with Gasteiger partial charge in [0, 0.05) is 17.1 Å². The third kappa shape index (κ3) is 5.34. The minimum atomic E-state index is -0.641. The van der Waals surface area contributed by atoms with Crippen LogP contribution >= 0.6 is 34.5 Å². The van der Waals surface area contributed by atoms with E-state index in [2.05, 4.69) is 18.4 Å². The van der Waals surface area contributed by atoms with E-state index in [0.717, 1.165) is 28.2 Å². The van der Waals surface area contributed by atoms with E-state index in [0.29, 0.717) is 36.6 Å². The predicted octanol–water partition coefficient (Wildman–Crippen LogP) is 6.64. The molecule has 5 rings (SSSR count). The van der Waals surface area contributed by atoms with Crippen molar-refractivity contribution in [2.45, 2.75) is 53.5 Å². The van der Waals surface area contributed by atoms with Crippen molar-refractivity contribution < 1.29 is 9.53 Å². The summed E-state index contributed by atoms with van der Waals surface area (Å²) in [6, 6.07) is 15.0. The molecule has 0 amide bonds. The lowest BCUT2D eigenvalue weighted by atomic mass is 9.93. The zero-order chi connectivity index (χ0) is 29.6. The summed E-state index contributed by atoms with van der Waals surface area (Å²) in [5, 5.41) is 0.964. The zero-order valence-corrected chi connectivity index (χ0v) is 26.1. The number of carbonyl (C=O) groups excluding carboxylic acids is 1. The van der Waals surface area contributed by atoms with E-state index in [9.17, 15) is 9.59 Å². The fourth-order valence-electron chi connectivity index (χ4n) is 5.27. The van der Waals surface area contributed by atoms with Crippen LogP contribution in [0.15, 0.2) is 69.6 Å². The average molecular weight is 609 g/mol. The average Bonchev–Trinajstić information content (AvgIpc) is 3.38. The number of carbonyl (C=O) groups is 1. The molecular weight excluding hydrogens is 577 g/mol. The molecule has 212 valence electrons. The van der Waals surface area contributed by atoms with Gasteiger partial charge in [-0.2, -0.15) is 0 Å². The standard InChI is InChI=1S/C32H31Cl2N3O3S/c1-7-40-31(39)28-19(5)35-32-37(29(28)22-10-8-21(9-11-22)17(2)3)30(38)27(41-32)15-23-14-18(4)36(20(23)6)24-12-13-25(33)26(34)16-24/h8-17,29H,7H2,1-6H3/b27-15-/t29-/m0/s1. The molecule has 0 spiro atoms. The maximum Gasteiger partial charge on any atom is 0.338 e. The van der Waals surface area contributed by atoms with Crippen molar-refractivity contribution in [3.63, 3.8) is 0 Å². The van der Waals surface area contributed by atoms with Gasteiger partial charge in [0.15, 0.2) is 4.80 Å². The number of thiazole rings is 1.